The SMILES string of the molecule is COC(=O)C1CC12CCN(c1nccc(-c3ccc(C)nc3C)n1)CC2. The number of hydrogen-bond donors (Lipinski definition) is 0. The van der Waals surface area contributed by atoms with E-state index in [0.717, 1.165) is 60.9 Å². The number of rotatable bonds is 3. The maximum Gasteiger partial charge on any atom is 0.309 e. The molecule has 0 bridgehead atoms. The number of esters is 1. The van der Waals surface area contributed by atoms with Gasteiger partial charge in [0.15, 0.2) is 0 Å². The Morgan fingerprint density at radius 2 is 1.96 bits per heavy atom. The molecule has 2 aliphatic rings. The van der Waals surface area contributed by atoms with E-state index in [1.807, 2.05) is 32.2 Å². The molecule has 0 aromatic carbocycles. The number of nitrogens with zero attached hydrogens (tertiary/aromatic N) is 4. The van der Waals surface area contributed by atoms with Crippen LogP contribution in [-0.2, 0) is 9.53 Å². The fourth-order valence-electron chi connectivity index (χ4n) is 4.14. The highest BCUT2D eigenvalue weighted by atomic mass is 16.5. The van der Waals surface area contributed by atoms with Crippen LogP contribution < -0.4 is 4.90 Å². The summed E-state index contributed by atoms with van der Waals surface area (Å²) in [4.78, 5) is 27.8. The summed E-state index contributed by atoms with van der Waals surface area (Å²) in [6.45, 7) is 5.75. The van der Waals surface area contributed by atoms with Crippen molar-refractivity contribution in [2.45, 2.75) is 33.1 Å². The lowest BCUT2D eigenvalue weighted by molar-refractivity contribution is -0.143. The number of hydrogen-bond acceptors (Lipinski definition) is 6. The Morgan fingerprint density at radius 1 is 1.19 bits per heavy atom. The fourth-order valence-corrected chi connectivity index (χ4v) is 4.14. The molecule has 2 aromatic rings. The van der Waals surface area contributed by atoms with Gasteiger partial charge in [0.05, 0.1) is 18.7 Å². The molecule has 6 heteroatoms. The molecule has 26 heavy (non-hydrogen) atoms. The third kappa shape index (κ3) is 2.93. The van der Waals surface area contributed by atoms with Crippen LogP contribution in [0.5, 0.6) is 0 Å². The molecule has 1 aliphatic heterocycles. The number of ether oxygens (including phenoxy) is 1. The molecule has 136 valence electrons. The summed E-state index contributed by atoms with van der Waals surface area (Å²) in [5.41, 5.74) is 4.08. The van der Waals surface area contributed by atoms with Crippen LogP contribution in [-0.4, -0.2) is 41.1 Å². The Balaban J connectivity index is 1.49. The second kappa shape index (κ2) is 6.34. The minimum absolute atomic E-state index is 0.0564. The number of aryl methyl sites for hydroxylation is 2. The lowest BCUT2D eigenvalue weighted by Crippen LogP contribution is -2.37. The highest BCUT2D eigenvalue weighted by Gasteiger charge is 2.59. The van der Waals surface area contributed by atoms with E-state index in [0.29, 0.717) is 0 Å². The quantitative estimate of drug-likeness (QED) is 0.791. The van der Waals surface area contributed by atoms with Gasteiger partial charge in [-0.05, 0) is 56.7 Å². The summed E-state index contributed by atoms with van der Waals surface area (Å²) in [6, 6.07) is 6.01. The van der Waals surface area contributed by atoms with Crippen molar-refractivity contribution in [3.8, 4) is 11.3 Å². The molecule has 0 radical (unpaired) electrons. The molecule has 1 saturated heterocycles. The highest BCUT2D eigenvalue weighted by molar-refractivity contribution is 5.77. The molecule has 2 fully saturated rings. The van der Waals surface area contributed by atoms with Crippen molar-refractivity contribution in [3.05, 3.63) is 35.8 Å². The van der Waals surface area contributed by atoms with Gasteiger partial charge in [-0.25, -0.2) is 9.97 Å². The van der Waals surface area contributed by atoms with Crippen molar-refractivity contribution < 1.29 is 9.53 Å². The van der Waals surface area contributed by atoms with E-state index in [4.69, 9.17) is 9.72 Å². The highest BCUT2D eigenvalue weighted by Crippen LogP contribution is 2.59. The van der Waals surface area contributed by atoms with Gasteiger partial charge in [-0.2, -0.15) is 0 Å². The van der Waals surface area contributed by atoms with Gasteiger partial charge < -0.3 is 9.64 Å². The van der Waals surface area contributed by atoms with Crippen LogP contribution in [0.3, 0.4) is 0 Å². The summed E-state index contributed by atoms with van der Waals surface area (Å²) in [5, 5.41) is 0. The van der Waals surface area contributed by atoms with Crippen molar-refractivity contribution in [1.29, 1.82) is 0 Å². The first-order chi connectivity index (χ1) is 12.5. The molecule has 2 aromatic heterocycles. The largest absolute Gasteiger partial charge is 0.469 e. The summed E-state index contributed by atoms with van der Waals surface area (Å²) < 4.78 is 4.91. The van der Waals surface area contributed by atoms with E-state index < -0.39 is 0 Å². The molecule has 4 rings (SSSR count). The molecule has 3 heterocycles. The van der Waals surface area contributed by atoms with Gasteiger partial charge in [0.25, 0.3) is 0 Å². The second-order valence-electron chi connectivity index (χ2n) is 7.46. The third-order valence-corrected chi connectivity index (χ3v) is 5.86. The van der Waals surface area contributed by atoms with E-state index in [2.05, 4.69) is 20.9 Å². The predicted molar refractivity (Wildman–Crippen MR) is 98.7 cm³/mol. The van der Waals surface area contributed by atoms with Gasteiger partial charge in [0.1, 0.15) is 0 Å². The van der Waals surface area contributed by atoms with E-state index in [1.165, 1.54) is 7.11 Å². The van der Waals surface area contributed by atoms with Crippen LogP contribution in [0.2, 0.25) is 0 Å². The smallest absolute Gasteiger partial charge is 0.309 e. The number of pyridine rings is 1. The number of aromatic nitrogens is 3. The second-order valence-corrected chi connectivity index (χ2v) is 7.46. The first-order valence-corrected chi connectivity index (χ1v) is 9.13. The summed E-state index contributed by atoms with van der Waals surface area (Å²) in [5.74, 6) is 0.787. The number of carbonyl (C=O) groups is 1. The lowest BCUT2D eigenvalue weighted by atomic mass is 9.91. The Morgan fingerprint density at radius 3 is 2.65 bits per heavy atom. The van der Waals surface area contributed by atoms with E-state index in [1.54, 1.807) is 0 Å². The van der Waals surface area contributed by atoms with Crippen molar-refractivity contribution in [2.24, 2.45) is 11.3 Å². The zero-order valence-electron chi connectivity index (χ0n) is 15.5. The molecule has 0 amide bonds. The lowest BCUT2D eigenvalue weighted by Gasteiger charge is -2.32. The average molecular weight is 352 g/mol. The minimum Gasteiger partial charge on any atom is -0.469 e. The van der Waals surface area contributed by atoms with Gasteiger partial charge in [0.2, 0.25) is 5.95 Å². The third-order valence-electron chi connectivity index (χ3n) is 5.86. The maximum absolute atomic E-state index is 11.8. The van der Waals surface area contributed by atoms with Crippen molar-refractivity contribution in [2.75, 3.05) is 25.1 Å². The van der Waals surface area contributed by atoms with Gasteiger partial charge in [-0.15, -0.1) is 0 Å². The Hall–Kier alpha value is -2.50. The molecule has 1 atom stereocenters. The van der Waals surface area contributed by atoms with Gasteiger partial charge >= 0.3 is 5.97 Å². The zero-order chi connectivity index (χ0) is 18.3. The standard InChI is InChI=1S/C20H24N4O2/c1-13-4-5-15(14(2)22-13)17-6-9-21-19(23-17)24-10-7-20(8-11-24)12-16(20)18(25)26-3/h4-6,9,16H,7-8,10-12H2,1-3H3. The van der Waals surface area contributed by atoms with Crippen LogP contribution in [0.25, 0.3) is 11.3 Å². The topological polar surface area (TPSA) is 68.2 Å². The minimum atomic E-state index is -0.0564. The van der Waals surface area contributed by atoms with E-state index >= 15 is 0 Å². The first-order valence-electron chi connectivity index (χ1n) is 9.13. The maximum atomic E-state index is 11.8. The number of piperidine rings is 1. The summed E-state index contributed by atoms with van der Waals surface area (Å²) in [7, 11) is 1.48. The van der Waals surface area contributed by atoms with Crippen molar-refractivity contribution in [1.82, 2.24) is 15.0 Å². The van der Waals surface area contributed by atoms with Crippen LogP contribution in [0.1, 0.15) is 30.7 Å². The van der Waals surface area contributed by atoms with Crippen molar-refractivity contribution >= 4 is 11.9 Å². The fraction of sp³-hybridized carbons (Fsp3) is 0.500. The molecule has 1 unspecified atom stereocenters. The van der Waals surface area contributed by atoms with Gasteiger partial charge in [-0.1, -0.05) is 0 Å². The van der Waals surface area contributed by atoms with Crippen LogP contribution >= 0.6 is 0 Å². The summed E-state index contributed by atoms with van der Waals surface area (Å²) in [6.07, 6.45) is 4.76. The number of carbonyl (C=O) groups excluding carboxylic acids is 1. The zero-order valence-corrected chi connectivity index (χ0v) is 15.5. The Bertz CT molecular complexity index is 843. The Kier molecular flexibility index (Phi) is 4.13. The van der Waals surface area contributed by atoms with Crippen molar-refractivity contribution in [3.63, 3.8) is 0 Å². The first kappa shape index (κ1) is 16.9. The van der Waals surface area contributed by atoms with Gasteiger partial charge in [0, 0.05) is 36.2 Å². The van der Waals surface area contributed by atoms with E-state index in [9.17, 15) is 4.79 Å². The van der Waals surface area contributed by atoms with E-state index in [-0.39, 0.29) is 17.3 Å². The molecule has 0 N–H and O–H groups in total. The average Bonchev–Trinajstić information content (AvgIpc) is 3.35. The normalized spacial score (nSPS) is 20.9. The van der Waals surface area contributed by atoms with Crippen LogP contribution in [0.15, 0.2) is 24.4 Å². The van der Waals surface area contributed by atoms with Gasteiger partial charge in [-0.3, -0.25) is 9.78 Å². The molecule has 6 nitrogen and oxygen atoms in total. The summed E-state index contributed by atoms with van der Waals surface area (Å²) >= 11 is 0. The monoisotopic (exact) mass is 352 g/mol. The molecular formula is C20H24N4O2. The van der Waals surface area contributed by atoms with Crippen LogP contribution in [0, 0.1) is 25.2 Å². The number of methoxy groups -OCH3 is 1. The predicted octanol–water partition coefficient (Wildman–Crippen LogP) is 2.93. The molecule has 1 spiro atoms. The molecular weight excluding hydrogens is 328 g/mol. The Labute approximate surface area is 153 Å². The number of anilines is 1. The molecule has 1 aliphatic carbocycles. The van der Waals surface area contributed by atoms with Crippen LogP contribution in [0.4, 0.5) is 5.95 Å². The molecule has 1 saturated carbocycles.